The molecule has 2 heterocycles. The number of nitrogens with one attached hydrogen (secondary N) is 1. The Balaban J connectivity index is 1.58. The van der Waals surface area contributed by atoms with Crippen molar-refractivity contribution in [1.82, 2.24) is 15.2 Å². The van der Waals surface area contributed by atoms with Crippen molar-refractivity contribution in [2.75, 3.05) is 20.2 Å². The van der Waals surface area contributed by atoms with E-state index < -0.39 is 0 Å². The summed E-state index contributed by atoms with van der Waals surface area (Å²) < 4.78 is 5.05. The third-order valence-corrected chi connectivity index (χ3v) is 4.88. The van der Waals surface area contributed by atoms with Gasteiger partial charge in [-0.3, -0.25) is 9.59 Å². The molecule has 1 N–H and O–H groups in total. The highest BCUT2D eigenvalue weighted by atomic mass is 16.5. The molecule has 3 rings (SSSR count). The first-order chi connectivity index (χ1) is 13.2. The van der Waals surface area contributed by atoms with Crippen LogP contribution in [-0.4, -0.2) is 47.9 Å². The lowest BCUT2D eigenvalue weighted by atomic mass is 9.98. The summed E-state index contributed by atoms with van der Waals surface area (Å²) in [4.78, 5) is 31.1. The molecule has 6 nitrogen and oxygen atoms in total. The zero-order valence-corrected chi connectivity index (χ0v) is 15.6. The van der Waals surface area contributed by atoms with Crippen LogP contribution in [0.25, 0.3) is 0 Å². The number of rotatable bonds is 6. The quantitative estimate of drug-likeness (QED) is 0.852. The number of nitrogens with zero attached hydrogens (tertiary/aromatic N) is 2. The van der Waals surface area contributed by atoms with Gasteiger partial charge in [-0.25, -0.2) is 4.98 Å². The van der Waals surface area contributed by atoms with E-state index in [2.05, 4.69) is 10.3 Å². The van der Waals surface area contributed by atoms with Crippen molar-refractivity contribution < 1.29 is 14.3 Å². The van der Waals surface area contributed by atoms with E-state index in [9.17, 15) is 9.59 Å². The van der Waals surface area contributed by atoms with Crippen molar-refractivity contribution >= 4 is 11.8 Å². The molecule has 0 bridgehead atoms. The minimum Gasteiger partial charge on any atom is -0.481 e. The molecule has 2 amide bonds. The van der Waals surface area contributed by atoms with Gasteiger partial charge in [-0.15, -0.1) is 0 Å². The minimum absolute atomic E-state index is 0.00996. The van der Waals surface area contributed by atoms with E-state index >= 15 is 0 Å². The molecule has 27 heavy (non-hydrogen) atoms. The van der Waals surface area contributed by atoms with Crippen molar-refractivity contribution in [3.63, 3.8) is 0 Å². The first-order valence-corrected chi connectivity index (χ1v) is 9.33. The number of hydrogen-bond acceptors (Lipinski definition) is 4. The molecule has 2 aromatic rings. The Bertz CT molecular complexity index is 762. The van der Waals surface area contributed by atoms with E-state index in [1.165, 1.54) is 0 Å². The van der Waals surface area contributed by atoms with Crippen molar-refractivity contribution in [2.24, 2.45) is 0 Å². The first kappa shape index (κ1) is 18.9. The van der Waals surface area contributed by atoms with Crippen LogP contribution in [0.1, 0.15) is 46.4 Å². The molecule has 1 saturated heterocycles. The Morgan fingerprint density at radius 1 is 1.15 bits per heavy atom. The van der Waals surface area contributed by atoms with Gasteiger partial charge in [-0.05, 0) is 43.9 Å². The maximum Gasteiger partial charge on any atom is 0.255 e. The molecule has 1 fully saturated rings. The second kappa shape index (κ2) is 9.16. The Kier molecular flexibility index (Phi) is 6.41. The SMILES string of the molecule is COc1ccc(C(=O)N2CCCCC2CCNC(=O)c2ccccc2)cn1. The van der Waals surface area contributed by atoms with Crippen molar-refractivity contribution in [3.05, 3.63) is 59.8 Å². The van der Waals surface area contributed by atoms with Crippen LogP contribution in [0.15, 0.2) is 48.7 Å². The van der Waals surface area contributed by atoms with Crippen LogP contribution < -0.4 is 10.1 Å². The molecule has 1 atom stereocenters. The van der Waals surface area contributed by atoms with Gasteiger partial charge in [0, 0.05) is 37.0 Å². The van der Waals surface area contributed by atoms with Gasteiger partial charge in [0.1, 0.15) is 0 Å². The van der Waals surface area contributed by atoms with Crippen LogP contribution in [0.3, 0.4) is 0 Å². The summed E-state index contributed by atoms with van der Waals surface area (Å²) in [5.74, 6) is 0.401. The molecule has 0 spiro atoms. The van der Waals surface area contributed by atoms with E-state index in [4.69, 9.17) is 4.74 Å². The Morgan fingerprint density at radius 2 is 1.96 bits per heavy atom. The maximum atomic E-state index is 12.9. The zero-order valence-electron chi connectivity index (χ0n) is 15.6. The molecule has 6 heteroatoms. The van der Waals surface area contributed by atoms with Gasteiger partial charge >= 0.3 is 0 Å². The third-order valence-electron chi connectivity index (χ3n) is 4.88. The van der Waals surface area contributed by atoms with Gasteiger partial charge in [0.05, 0.1) is 12.7 Å². The second-order valence-corrected chi connectivity index (χ2v) is 6.65. The minimum atomic E-state index is -0.0800. The molecule has 0 radical (unpaired) electrons. The van der Waals surface area contributed by atoms with E-state index in [0.717, 1.165) is 32.2 Å². The average molecular weight is 367 g/mol. The summed E-state index contributed by atoms with van der Waals surface area (Å²) in [6.45, 7) is 1.28. The number of likely N-dealkylation sites (tertiary alicyclic amines) is 1. The van der Waals surface area contributed by atoms with Gasteiger partial charge in [-0.1, -0.05) is 18.2 Å². The summed E-state index contributed by atoms with van der Waals surface area (Å²) in [5, 5.41) is 2.95. The van der Waals surface area contributed by atoms with E-state index in [1.807, 2.05) is 23.1 Å². The number of pyridine rings is 1. The zero-order chi connectivity index (χ0) is 19.1. The third kappa shape index (κ3) is 4.84. The van der Waals surface area contributed by atoms with Gasteiger partial charge < -0.3 is 15.0 Å². The standard InChI is InChI=1S/C21H25N3O3/c1-27-19-11-10-17(15-23-19)21(26)24-14-6-5-9-18(24)12-13-22-20(25)16-7-3-2-4-8-16/h2-4,7-8,10-11,15,18H,5-6,9,12-14H2,1H3,(H,22,25). The van der Waals surface area contributed by atoms with Gasteiger partial charge in [0.25, 0.3) is 11.8 Å². The van der Waals surface area contributed by atoms with Crippen LogP contribution >= 0.6 is 0 Å². The number of aromatic nitrogens is 1. The lowest BCUT2D eigenvalue weighted by molar-refractivity contribution is 0.0601. The van der Waals surface area contributed by atoms with Crippen LogP contribution in [0.4, 0.5) is 0 Å². The largest absolute Gasteiger partial charge is 0.481 e. The summed E-state index contributed by atoms with van der Waals surface area (Å²) in [5.41, 5.74) is 1.22. The number of hydrogen-bond donors (Lipinski definition) is 1. The average Bonchev–Trinajstić information content (AvgIpc) is 2.74. The van der Waals surface area contributed by atoms with Crippen LogP contribution in [0, 0.1) is 0 Å². The first-order valence-electron chi connectivity index (χ1n) is 9.33. The molecular formula is C21H25N3O3. The van der Waals surface area contributed by atoms with Gasteiger partial charge in [0.15, 0.2) is 0 Å². The molecule has 1 aliphatic heterocycles. The van der Waals surface area contributed by atoms with E-state index in [1.54, 1.807) is 37.6 Å². The highest BCUT2D eigenvalue weighted by molar-refractivity contribution is 5.94. The second-order valence-electron chi connectivity index (χ2n) is 6.65. The van der Waals surface area contributed by atoms with Crippen molar-refractivity contribution in [3.8, 4) is 5.88 Å². The normalized spacial score (nSPS) is 16.6. The molecule has 142 valence electrons. The fourth-order valence-electron chi connectivity index (χ4n) is 3.41. The molecule has 1 aromatic heterocycles. The Morgan fingerprint density at radius 3 is 2.67 bits per heavy atom. The van der Waals surface area contributed by atoms with E-state index in [-0.39, 0.29) is 17.9 Å². The van der Waals surface area contributed by atoms with Crippen molar-refractivity contribution in [2.45, 2.75) is 31.7 Å². The van der Waals surface area contributed by atoms with Gasteiger partial charge in [0.2, 0.25) is 5.88 Å². The number of ether oxygens (including phenoxy) is 1. The number of piperidine rings is 1. The fraction of sp³-hybridized carbons (Fsp3) is 0.381. The molecular weight excluding hydrogens is 342 g/mol. The maximum absolute atomic E-state index is 12.9. The molecule has 1 aliphatic rings. The summed E-state index contributed by atoms with van der Waals surface area (Å²) in [6, 6.07) is 12.7. The number of amides is 2. The van der Waals surface area contributed by atoms with Crippen molar-refractivity contribution in [1.29, 1.82) is 0 Å². The molecule has 1 unspecified atom stereocenters. The highest BCUT2D eigenvalue weighted by Crippen LogP contribution is 2.22. The monoisotopic (exact) mass is 367 g/mol. The van der Waals surface area contributed by atoms with Gasteiger partial charge in [-0.2, -0.15) is 0 Å². The van der Waals surface area contributed by atoms with Crippen LogP contribution in [0.5, 0.6) is 5.88 Å². The lowest BCUT2D eigenvalue weighted by Gasteiger charge is -2.36. The summed E-state index contributed by atoms with van der Waals surface area (Å²) >= 11 is 0. The number of carbonyl (C=O) groups is 2. The smallest absolute Gasteiger partial charge is 0.255 e. The number of carbonyl (C=O) groups excluding carboxylic acids is 2. The number of methoxy groups -OCH3 is 1. The molecule has 1 aromatic carbocycles. The summed E-state index contributed by atoms with van der Waals surface area (Å²) in [6.07, 6.45) is 5.36. The predicted molar refractivity (Wildman–Crippen MR) is 103 cm³/mol. The Hall–Kier alpha value is -2.89. The number of benzene rings is 1. The molecule has 0 saturated carbocycles. The topological polar surface area (TPSA) is 71.5 Å². The Labute approximate surface area is 159 Å². The van der Waals surface area contributed by atoms with Crippen LogP contribution in [-0.2, 0) is 0 Å². The fourth-order valence-corrected chi connectivity index (χ4v) is 3.41. The summed E-state index contributed by atoms with van der Waals surface area (Å²) in [7, 11) is 1.55. The van der Waals surface area contributed by atoms with Crippen LogP contribution in [0.2, 0.25) is 0 Å². The molecule has 0 aliphatic carbocycles. The lowest BCUT2D eigenvalue weighted by Crippen LogP contribution is -2.45. The predicted octanol–water partition coefficient (Wildman–Crippen LogP) is 2.91. The van der Waals surface area contributed by atoms with E-state index in [0.29, 0.717) is 23.6 Å². The highest BCUT2D eigenvalue weighted by Gasteiger charge is 2.27.